The van der Waals surface area contributed by atoms with E-state index in [2.05, 4.69) is 5.32 Å². The first-order valence-corrected chi connectivity index (χ1v) is 13.7. The summed E-state index contributed by atoms with van der Waals surface area (Å²) in [7, 11) is 1.42. The third kappa shape index (κ3) is 7.85. The van der Waals surface area contributed by atoms with Crippen molar-refractivity contribution >= 4 is 25.1 Å². The molecule has 37 heavy (non-hydrogen) atoms. The Morgan fingerprint density at radius 3 is 2.16 bits per heavy atom. The van der Waals surface area contributed by atoms with Crippen molar-refractivity contribution in [3.8, 4) is 0 Å². The molecule has 0 aromatic heterocycles. The van der Waals surface area contributed by atoms with Crippen molar-refractivity contribution in [3.63, 3.8) is 0 Å². The molecule has 2 fully saturated rings. The molecule has 1 saturated carbocycles. The van der Waals surface area contributed by atoms with Gasteiger partial charge in [-0.15, -0.1) is 0 Å². The fourth-order valence-electron chi connectivity index (χ4n) is 5.16. The van der Waals surface area contributed by atoms with E-state index in [-0.39, 0.29) is 36.2 Å². The summed E-state index contributed by atoms with van der Waals surface area (Å²) in [6.07, 6.45) is 3.71. The Balaban J connectivity index is 1.95. The number of carboxylic acid groups (broad SMARTS) is 1. The van der Waals surface area contributed by atoms with Crippen LogP contribution in [0.4, 0.5) is 4.79 Å². The Hall–Kier alpha value is -1.81. The molecule has 0 unspecified atom stereocenters. The first kappa shape index (κ1) is 31.4. The van der Waals surface area contributed by atoms with Crippen LogP contribution < -0.4 is 5.32 Å². The van der Waals surface area contributed by atoms with Gasteiger partial charge in [0.15, 0.2) is 0 Å². The van der Waals surface area contributed by atoms with Gasteiger partial charge in [0.05, 0.1) is 16.6 Å². The molecule has 1 saturated heterocycles. The zero-order valence-corrected chi connectivity index (χ0v) is 24.6. The van der Waals surface area contributed by atoms with Crippen LogP contribution in [0.15, 0.2) is 0 Å². The number of hydrogen-bond donors (Lipinski definition) is 2. The van der Waals surface area contributed by atoms with Gasteiger partial charge in [0.2, 0.25) is 5.91 Å². The normalized spacial score (nSPS) is 25.7. The lowest BCUT2D eigenvalue weighted by atomic mass is 9.77. The molecule has 10 heteroatoms. The molecule has 2 N–H and O–H groups in total. The van der Waals surface area contributed by atoms with Crippen molar-refractivity contribution in [1.82, 2.24) is 10.2 Å². The number of carbonyl (C=O) groups is 3. The number of unbranched alkanes of at least 4 members (excludes halogenated alkanes) is 1. The maximum absolute atomic E-state index is 13.3. The summed E-state index contributed by atoms with van der Waals surface area (Å²) < 4.78 is 17.5. The molecule has 0 spiro atoms. The lowest BCUT2D eigenvalue weighted by Crippen LogP contribution is -2.53. The highest BCUT2D eigenvalue weighted by Gasteiger charge is 2.51. The number of carbonyl (C=O) groups excluding carboxylic acids is 2. The minimum absolute atomic E-state index is 0.150. The summed E-state index contributed by atoms with van der Waals surface area (Å²) in [5, 5.41) is 12.9. The molecule has 1 aliphatic heterocycles. The van der Waals surface area contributed by atoms with Gasteiger partial charge in [-0.25, -0.2) is 4.79 Å². The van der Waals surface area contributed by atoms with Crippen molar-refractivity contribution in [1.29, 1.82) is 0 Å². The quantitative estimate of drug-likeness (QED) is 0.309. The SMILES string of the molecule is CC(C)[C@H](NC(=O)OC(C)(C)C)C(=O)N(C)[C@H]1CC[C@@](CCCCB2OC(C)(C)C(C)(C)O2)(C(=O)O)C1. The van der Waals surface area contributed by atoms with Crippen LogP contribution in [0.2, 0.25) is 6.32 Å². The molecule has 0 aromatic rings. The van der Waals surface area contributed by atoms with Crippen LogP contribution in [-0.4, -0.2) is 71.0 Å². The number of alkyl carbamates (subject to hydrolysis) is 1. The topological polar surface area (TPSA) is 114 Å². The first-order chi connectivity index (χ1) is 16.8. The first-order valence-electron chi connectivity index (χ1n) is 13.7. The molecule has 2 rings (SSSR count). The highest BCUT2D eigenvalue weighted by Crippen LogP contribution is 2.45. The molecular formula is C27H49BN2O7. The van der Waals surface area contributed by atoms with Crippen molar-refractivity contribution in [2.24, 2.45) is 11.3 Å². The van der Waals surface area contributed by atoms with E-state index in [0.717, 1.165) is 19.2 Å². The Morgan fingerprint density at radius 1 is 1.11 bits per heavy atom. The van der Waals surface area contributed by atoms with Crippen molar-refractivity contribution < 1.29 is 33.5 Å². The van der Waals surface area contributed by atoms with Crippen LogP contribution in [0.25, 0.3) is 0 Å². The van der Waals surface area contributed by atoms with Gasteiger partial charge in [-0.05, 0) is 86.4 Å². The molecule has 0 radical (unpaired) electrons. The lowest BCUT2D eigenvalue weighted by molar-refractivity contribution is -0.150. The second-order valence-electron chi connectivity index (χ2n) is 13.2. The van der Waals surface area contributed by atoms with Gasteiger partial charge >= 0.3 is 19.2 Å². The summed E-state index contributed by atoms with van der Waals surface area (Å²) in [5.74, 6) is -1.19. The number of nitrogens with one attached hydrogen (secondary N) is 1. The van der Waals surface area contributed by atoms with E-state index in [0.29, 0.717) is 25.7 Å². The Labute approximate surface area is 223 Å². The summed E-state index contributed by atoms with van der Waals surface area (Å²) in [6.45, 7) is 17.1. The molecular weight excluding hydrogens is 475 g/mol. The Kier molecular flexibility index (Phi) is 9.78. The summed E-state index contributed by atoms with van der Waals surface area (Å²) in [5.41, 5.74) is -2.28. The van der Waals surface area contributed by atoms with Gasteiger partial charge < -0.3 is 29.4 Å². The highest BCUT2D eigenvalue weighted by molar-refractivity contribution is 6.45. The maximum atomic E-state index is 13.3. The van der Waals surface area contributed by atoms with Crippen LogP contribution in [-0.2, 0) is 23.6 Å². The zero-order chi connectivity index (χ0) is 28.4. The number of hydrogen-bond acceptors (Lipinski definition) is 6. The number of aliphatic carboxylic acids is 1. The van der Waals surface area contributed by atoms with Gasteiger partial charge in [-0.2, -0.15) is 0 Å². The average molecular weight is 525 g/mol. The molecule has 0 bridgehead atoms. The van der Waals surface area contributed by atoms with E-state index in [1.807, 2.05) is 41.5 Å². The summed E-state index contributed by atoms with van der Waals surface area (Å²) in [6, 6.07) is -0.951. The van der Waals surface area contributed by atoms with E-state index < -0.39 is 29.1 Å². The fourth-order valence-corrected chi connectivity index (χ4v) is 5.16. The molecule has 0 aromatic carbocycles. The van der Waals surface area contributed by atoms with Gasteiger partial charge in [-0.1, -0.05) is 26.7 Å². The molecule has 2 amide bonds. The van der Waals surface area contributed by atoms with Crippen molar-refractivity contribution in [2.45, 2.75) is 136 Å². The van der Waals surface area contributed by atoms with E-state index in [4.69, 9.17) is 14.0 Å². The van der Waals surface area contributed by atoms with Crippen LogP contribution in [0.5, 0.6) is 0 Å². The standard InChI is InChI=1S/C27H49BN2O7/c1-18(2)20(29-23(34)35-24(3,4)5)21(31)30(10)19-13-15-27(17-19,22(32)33)14-11-12-16-28-36-25(6,7)26(8,9)37-28/h18-20H,11-17H2,1-10H3,(H,29,34)(H,32,33)/t19-,20-,27+/m0/s1. The zero-order valence-electron chi connectivity index (χ0n) is 24.6. The number of likely N-dealkylation sites (N-methyl/N-ethyl adjacent to an activating group) is 1. The third-order valence-electron chi connectivity index (χ3n) is 8.18. The largest absolute Gasteiger partial charge is 0.481 e. The number of nitrogens with zero attached hydrogens (tertiary/aromatic N) is 1. The third-order valence-corrected chi connectivity index (χ3v) is 8.18. The average Bonchev–Trinajstić information content (AvgIpc) is 3.25. The molecule has 9 nitrogen and oxygen atoms in total. The predicted molar refractivity (Wildman–Crippen MR) is 143 cm³/mol. The Morgan fingerprint density at radius 2 is 1.68 bits per heavy atom. The molecule has 2 aliphatic rings. The highest BCUT2D eigenvalue weighted by atomic mass is 16.7. The molecule has 3 atom stereocenters. The van der Waals surface area contributed by atoms with Crippen LogP contribution in [0.3, 0.4) is 0 Å². The number of ether oxygens (including phenoxy) is 1. The van der Waals surface area contributed by atoms with Crippen molar-refractivity contribution in [3.05, 3.63) is 0 Å². The summed E-state index contributed by atoms with van der Waals surface area (Å²) in [4.78, 5) is 39.7. The fraction of sp³-hybridized carbons (Fsp3) is 0.889. The number of carboxylic acids is 1. The second kappa shape index (κ2) is 11.5. The summed E-state index contributed by atoms with van der Waals surface area (Å²) >= 11 is 0. The minimum Gasteiger partial charge on any atom is -0.481 e. The molecule has 1 aliphatic carbocycles. The Bertz CT molecular complexity index is 823. The lowest BCUT2D eigenvalue weighted by Gasteiger charge is -2.32. The van der Waals surface area contributed by atoms with Gasteiger partial charge in [0.1, 0.15) is 11.6 Å². The van der Waals surface area contributed by atoms with Crippen LogP contribution in [0, 0.1) is 11.3 Å². The van der Waals surface area contributed by atoms with Gasteiger partial charge in [0.25, 0.3) is 0 Å². The van der Waals surface area contributed by atoms with E-state index in [9.17, 15) is 19.5 Å². The van der Waals surface area contributed by atoms with Gasteiger partial charge in [0, 0.05) is 13.1 Å². The van der Waals surface area contributed by atoms with Gasteiger partial charge in [-0.3, -0.25) is 9.59 Å². The van der Waals surface area contributed by atoms with Crippen LogP contribution in [0.1, 0.15) is 101 Å². The number of amides is 2. The van der Waals surface area contributed by atoms with Crippen LogP contribution >= 0.6 is 0 Å². The monoisotopic (exact) mass is 524 g/mol. The minimum atomic E-state index is -0.860. The molecule has 1 heterocycles. The smallest absolute Gasteiger partial charge is 0.457 e. The molecule has 212 valence electrons. The van der Waals surface area contributed by atoms with E-state index in [1.54, 1.807) is 32.7 Å². The van der Waals surface area contributed by atoms with E-state index >= 15 is 0 Å². The van der Waals surface area contributed by atoms with Crippen molar-refractivity contribution in [2.75, 3.05) is 7.05 Å². The maximum Gasteiger partial charge on any atom is 0.457 e. The van der Waals surface area contributed by atoms with E-state index in [1.165, 1.54) is 0 Å². The second-order valence-corrected chi connectivity index (χ2v) is 13.2. The predicted octanol–water partition coefficient (Wildman–Crippen LogP) is 4.88. The number of rotatable bonds is 10.